The second kappa shape index (κ2) is 5.86. The largest absolute Gasteiger partial charge is 0.314 e. The molecule has 0 atom stereocenters. The molecule has 1 fully saturated rings. The van der Waals surface area contributed by atoms with Crippen molar-refractivity contribution in [1.29, 1.82) is 0 Å². The first-order chi connectivity index (χ1) is 7.24. The van der Waals surface area contributed by atoms with Crippen molar-refractivity contribution in [3.63, 3.8) is 0 Å². The molecule has 0 bridgehead atoms. The van der Waals surface area contributed by atoms with Crippen molar-refractivity contribution in [2.24, 2.45) is 0 Å². The molecule has 1 rings (SSSR count). The minimum atomic E-state index is 0.426. The van der Waals surface area contributed by atoms with Crippen LogP contribution in [0.2, 0.25) is 0 Å². The van der Waals surface area contributed by atoms with Gasteiger partial charge in [-0.25, -0.2) is 0 Å². The van der Waals surface area contributed by atoms with Gasteiger partial charge in [-0.1, -0.05) is 27.7 Å². The number of rotatable bonds is 5. The molecule has 0 unspecified atom stereocenters. The van der Waals surface area contributed by atoms with Crippen molar-refractivity contribution in [2.45, 2.75) is 65.0 Å². The van der Waals surface area contributed by atoms with Gasteiger partial charge in [0.1, 0.15) is 0 Å². The van der Waals surface area contributed by atoms with Crippen LogP contribution in [0.5, 0.6) is 0 Å². The summed E-state index contributed by atoms with van der Waals surface area (Å²) in [5, 5.41) is 3.57. The lowest BCUT2D eigenvalue weighted by Gasteiger charge is -2.50. The minimum Gasteiger partial charge on any atom is -0.314 e. The minimum absolute atomic E-state index is 0.426. The van der Waals surface area contributed by atoms with Gasteiger partial charge in [-0.15, -0.1) is 0 Å². The average Bonchev–Trinajstić information content (AvgIpc) is 2.31. The highest BCUT2D eigenvalue weighted by Crippen LogP contribution is 2.29. The van der Waals surface area contributed by atoms with E-state index in [9.17, 15) is 0 Å². The molecule has 1 heterocycles. The van der Waals surface area contributed by atoms with Crippen LogP contribution in [0.15, 0.2) is 0 Å². The number of piperazine rings is 1. The summed E-state index contributed by atoms with van der Waals surface area (Å²) < 4.78 is 0. The molecule has 0 aromatic heterocycles. The lowest BCUT2D eigenvalue weighted by atomic mass is 9.86. The maximum atomic E-state index is 3.57. The third kappa shape index (κ3) is 2.54. The lowest BCUT2D eigenvalue weighted by Crippen LogP contribution is -2.63. The van der Waals surface area contributed by atoms with Crippen LogP contribution in [-0.4, -0.2) is 36.1 Å². The van der Waals surface area contributed by atoms with Gasteiger partial charge in [0, 0.05) is 31.2 Å². The number of nitrogens with zero attached hydrogens (tertiary/aromatic N) is 1. The molecule has 2 heteroatoms. The zero-order valence-electron chi connectivity index (χ0n) is 11.0. The van der Waals surface area contributed by atoms with E-state index in [4.69, 9.17) is 0 Å². The van der Waals surface area contributed by atoms with Crippen LogP contribution in [0.4, 0.5) is 0 Å². The first-order valence-corrected chi connectivity index (χ1v) is 6.71. The number of nitrogens with one attached hydrogen (secondary N) is 1. The highest BCUT2D eigenvalue weighted by atomic mass is 15.3. The topological polar surface area (TPSA) is 15.3 Å². The highest BCUT2D eigenvalue weighted by molar-refractivity contribution is 4.96. The molecule has 1 aliphatic heterocycles. The van der Waals surface area contributed by atoms with E-state index in [0.29, 0.717) is 5.54 Å². The van der Waals surface area contributed by atoms with E-state index >= 15 is 0 Å². The Morgan fingerprint density at radius 1 is 1.13 bits per heavy atom. The molecule has 0 radical (unpaired) electrons. The molecule has 0 aromatic rings. The van der Waals surface area contributed by atoms with E-state index in [1.165, 1.54) is 38.8 Å². The van der Waals surface area contributed by atoms with Gasteiger partial charge in [0.25, 0.3) is 0 Å². The van der Waals surface area contributed by atoms with E-state index < -0.39 is 0 Å². The Morgan fingerprint density at radius 2 is 1.73 bits per heavy atom. The third-order valence-corrected chi connectivity index (χ3v) is 4.29. The molecular formula is C13H28N2. The average molecular weight is 212 g/mol. The van der Waals surface area contributed by atoms with Gasteiger partial charge in [-0.2, -0.15) is 0 Å². The predicted molar refractivity (Wildman–Crippen MR) is 67.3 cm³/mol. The van der Waals surface area contributed by atoms with E-state index in [-0.39, 0.29) is 0 Å². The van der Waals surface area contributed by atoms with E-state index in [2.05, 4.69) is 37.9 Å². The van der Waals surface area contributed by atoms with Gasteiger partial charge in [-0.05, 0) is 25.7 Å². The normalized spacial score (nSPS) is 22.2. The fourth-order valence-corrected chi connectivity index (χ4v) is 3.06. The molecule has 1 N–H and O–H groups in total. The second-order valence-corrected chi connectivity index (χ2v) is 4.77. The van der Waals surface area contributed by atoms with E-state index in [0.717, 1.165) is 12.6 Å². The SMILES string of the molecule is CCC(CC)N1CCNCC1(CC)CC. The summed E-state index contributed by atoms with van der Waals surface area (Å²) in [7, 11) is 0. The highest BCUT2D eigenvalue weighted by Gasteiger charge is 2.38. The molecule has 15 heavy (non-hydrogen) atoms. The lowest BCUT2D eigenvalue weighted by molar-refractivity contribution is 0.00960. The van der Waals surface area contributed by atoms with Crippen molar-refractivity contribution in [3.8, 4) is 0 Å². The Balaban J connectivity index is 2.80. The standard InChI is InChI=1S/C13H28N2/c1-5-12(6-2)15-10-9-14-11-13(15,7-3)8-4/h12,14H,5-11H2,1-4H3. The third-order valence-electron chi connectivity index (χ3n) is 4.29. The zero-order valence-corrected chi connectivity index (χ0v) is 11.0. The Hall–Kier alpha value is -0.0800. The van der Waals surface area contributed by atoms with Gasteiger partial charge < -0.3 is 5.32 Å². The van der Waals surface area contributed by atoms with Crippen LogP contribution in [0.1, 0.15) is 53.4 Å². The number of hydrogen-bond acceptors (Lipinski definition) is 2. The molecule has 0 aliphatic carbocycles. The molecule has 0 spiro atoms. The summed E-state index contributed by atoms with van der Waals surface area (Å²) >= 11 is 0. The first kappa shape index (κ1) is 13.0. The predicted octanol–water partition coefficient (Wildman–Crippen LogP) is 2.64. The molecular weight excluding hydrogens is 184 g/mol. The summed E-state index contributed by atoms with van der Waals surface area (Å²) in [6.07, 6.45) is 5.12. The van der Waals surface area contributed by atoms with E-state index in [1.54, 1.807) is 0 Å². The zero-order chi connectivity index (χ0) is 11.3. The Kier molecular flexibility index (Phi) is 5.07. The van der Waals surface area contributed by atoms with Crippen LogP contribution < -0.4 is 5.32 Å². The maximum absolute atomic E-state index is 3.57. The van der Waals surface area contributed by atoms with Gasteiger partial charge in [0.2, 0.25) is 0 Å². The monoisotopic (exact) mass is 212 g/mol. The first-order valence-electron chi connectivity index (χ1n) is 6.71. The molecule has 90 valence electrons. The van der Waals surface area contributed by atoms with Crippen molar-refractivity contribution >= 4 is 0 Å². The molecule has 1 aliphatic rings. The van der Waals surface area contributed by atoms with Crippen molar-refractivity contribution < 1.29 is 0 Å². The van der Waals surface area contributed by atoms with Crippen LogP contribution in [0.25, 0.3) is 0 Å². The van der Waals surface area contributed by atoms with Crippen LogP contribution >= 0.6 is 0 Å². The van der Waals surface area contributed by atoms with Crippen molar-refractivity contribution in [3.05, 3.63) is 0 Å². The van der Waals surface area contributed by atoms with Gasteiger partial charge in [-0.3, -0.25) is 4.90 Å². The second-order valence-electron chi connectivity index (χ2n) is 4.77. The Labute approximate surface area is 95.4 Å². The van der Waals surface area contributed by atoms with Crippen molar-refractivity contribution in [1.82, 2.24) is 10.2 Å². The molecule has 2 nitrogen and oxygen atoms in total. The van der Waals surface area contributed by atoms with Gasteiger partial charge in [0.05, 0.1) is 0 Å². The Bertz CT molecular complexity index is 171. The summed E-state index contributed by atoms with van der Waals surface area (Å²) in [6, 6.07) is 0.784. The molecule has 0 amide bonds. The molecule has 1 saturated heterocycles. The summed E-state index contributed by atoms with van der Waals surface area (Å²) in [5.41, 5.74) is 0.426. The fourth-order valence-electron chi connectivity index (χ4n) is 3.06. The summed E-state index contributed by atoms with van der Waals surface area (Å²) in [6.45, 7) is 12.9. The Morgan fingerprint density at radius 3 is 2.20 bits per heavy atom. The smallest absolute Gasteiger partial charge is 0.0332 e. The van der Waals surface area contributed by atoms with E-state index in [1.807, 2.05) is 0 Å². The van der Waals surface area contributed by atoms with Crippen LogP contribution in [0.3, 0.4) is 0 Å². The van der Waals surface area contributed by atoms with Gasteiger partial charge in [0.15, 0.2) is 0 Å². The molecule has 0 aromatic carbocycles. The maximum Gasteiger partial charge on any atom is 0.0332 e. The van der Waals surface area contributed by atoms with Crippen LogP contribution in [-0.2, 0) is 0 Å². The van der Waals surface area contributed by atoms with Crippen LogP contribution in [0, 0.1) is 0 Å². The van der Waals surface area contributed by atoms with Crippen molar-refractivity contribution in [2.75, 3.05) is 19.6 Å². The summed E-state index contributed by atoms with van der Waals surface area (Å²) in [4.78, 5) is 2.78. The quantitative estimate of drug-likeness (QED) is 0.753. The fraction of sp³-hybridized carbons (Fsp3) is 1.00. The van der Waals surface area contributed by atoms with Gasteiger partial charge >= 0.3 is 0 Å². The number of hydrogen-bond donors (Lipinski definition) is 1. The summed E-state index contributed by atoms with van der Waals surface area (Å²) in [5.74, 6) is 0. The molecule has 0 saturated carbocycles.